The first-order valence-corrected chi connectivity index (χ1v) is 10.3. The molecule has 0 bridgehead atoms. The van der Waals surface area contributed by atoms with E-state index in [1.54, 1.807) is 30.7 Å². The van der Waals surface area contributed by atoms with E-state index in [1.165, 1.54) is 0 Å². The van der Waals surface area contributed by atoms with E-state index in [9.17, 15) is 9.90 Å². The molecule has 2 aromatic heterocycles. The molecular formula is C22H26N6O2. The Balaban J connectivity index is 1.48. The lowest BCUT2D eigenvalue weighted by molar-refractivity contribution is 0.102. The molecule has 1 aliphatic carbocycles. The summed E-state index contributed by atoms with van der Waals surface area (Å²) >= 11 is 0. The molecule has 1 saturated carbocycles. The van der Waals surface area contributed by atoms with Crippen molar-refractivity contribution in [2.45, 2.75) is 57.6 Å². The molecular weight excluding hydrogens is 380 g/mol. The number of benzene rings is 1. The third kappa shape index (κ3) is 4.71. The fourth-order valence-electron chi connectivity index (χ4n) is 3.54. The van der Waals surface area contributed by atoms with Crippen LogP contribution in [0.1, 0.15) is 61.6 Å². The van der Waals surface area contributed by atoms with Gasteiger partial charge in [0.2, 0.25) is 5.95 Å². The monoisotopic (exact) mass is 406 g/mol. The Morgan fingerprint density at radius 2 is 1.80 bits per heavy atom. The fraction of sp³-hybridized carbons (Fsp3) is 0.409. The smallest absolute Gasteiger partial charge is 0.255 e. The summed E-state index contributed by atoms with van der Waals surface area (Å²) < 4.78 is 0. The van der Waals surface area contributed by atoms with Gasteiger partial charge in [-0.3, -0.25) is 4.79 Å². The van der Waals surface area contributed by atoms with Crippen LogP contribution in [0.4, 0.5) is 11.6 Å². The van der Waals surface area contributed by atoms with Crippen LogP contribution >= 0.6 is 0 Å². The summed E-state index contributed by atoms with van der Waals surface area (Å²) in [4.78, 5) is 30.2. The maximum atomic E-state index is 12.7. The minimum absolute atomic E-state index is 0.200. The summed E-state index contributed by atoms with van der Waals surface area (Å²) in [7, 11) is 0. The van der Waals surface area contributed by atoms with Crippen molar-refractivity contribution in [3.63, 3.8) is 0 Å². The lowest BCUT2D eigenvalue weighted by atomic mass is 9.93. The molecule has 2 heterocycles. The zero-order valence-electron chi connectivity index (χ0n) is 17.2. The molecule has 4 rings (SSSR count). The van der Waals surface area contributed by atoms with Gasteiger partial charge in [-0.1, -0.05) is 19.9 Å². The number of rotatable bonds is 5. The standard InChI is InChI=1S/C22H26N6O2/c1-13(2)20-23-11-17(12-24-20)26-21(30)14-3-4-15-10-25-22(28-19(15)9-14)27-16-5-7-18(29)8-6-16/h3-4,9-13,16,18,29H,5-8H2,1-2H3,(H,26,30)(H,25,27,28). The summed E-state index contributed by atoms with van der Waals surface area (Å²) in [6.45, 7) is 4.04. The predicted molar refractivity (Wildman–Crippen MR) is 115 cm³/mol. The van der Waals surface area contributed by atoms with Gasteiger partial charge in [0, 0.05) is 29.1 Å². The molecule has 3 N–H and O–H groups in total. The number of anilines is 2. The van der Waals surface area contributed by atoms with Gasteiger partial charge in [0.15, 0.2) is 0 Å². The van der Waals surface area contributed by atoms with Crippen LogP contribution in [-0.2, 0) is 0 Å². The number of aromatic nitrogens is 4. The molecule has 1 fully saturated rings. The van der Waals surface area contributed by atoms with Gasteiger partial charge in [-0.25, -0.2) is 19.9 Å². The zero-order chi connectivity index (χ0) is 21.1. The second-order valence-corrected chi connectivity index (χ2v) is 8.06. The molecule has 0 atom stereocenters. The highest BCUT2D eigenvalue weighted by molar-refractivity contribution is 6.05. The second-order valence-electron chi connectivity index (χ2n) is 8.06. The summed E-state index contributed by atoms with van der Waals surface area (Å²) in [5.74, 6) is 1.27. The molecule has 1 aromatic carbocycles. The van der Waals surface area contributed by atoms with Gasteiger partial charge in [0.1, 0.15) is 5.82 Å². The highest BCUT2D eigenvalue weighted by atomic mass is 16.3. The molecule has 1 aliphatic rings. The SMILES string of the molecule is CC(C)c1ncc(NC(=O)c2ccc3cnc(NC4CCC(O)CC4)nc3c2)cn1. The van der Waals surface area contributed by atoms with Crippen molar-refractivity contribution in [1.82, 2.24) is 19.9 Å². The van der Waals surface area contributed by atoms with E-state index >= 15 is 0 Å². The third-order valence-electron chi connectivity index (χ3n) is 5.32. The number of carbonyl (C=O) groups is 1. The Morgan fingerprint density at radius 3 is 2.50 bits per heavy atom. The van der Waals surface area contributed by atoms with Crippen molar-refractivity contribution in [1.29, 1.82) is 0 Å². The quantitative estimate of drug-likeness (QED) is 0.594. The van der Waals surface area contributed by atoms with Gasteiger partial charge in [0.25, 0.3) is 5.91 Å². The molecule has 0 aliphatic heterocycles. The second kappa shape index (κ2) is 8.71. The number of aliphatic hydroxyl groups excluding tert-OH is 1. The Kier molecular flexibility index (Phi) is 5.85. The van der Waals surface area contributed by atoms with Gasteiger partial charge >= 0.3 is 0 Å². The summed E-state index contributed by atoms with van der Waals surface area (Å²) in [5.41, 5.74) is 1.75. The number of hydrogen-bond acceptors (Lipinski definition) is 7. The maximum absolute atomic E-state index is 12.7. The Morgan fingerprint density at radius 1 is 1.07 bits per heavy atom. The van der Waals surface area contributed by atoms with Crippen molar-refractivity contribution in [2.75, 3.05) is 10.6 Å². The summed E-state index contributed by atoms with van der Waals surface area (Å²) in [6, 6.07) is 5.60. The molecule has 0 saturated heterocycles. The van der Waals surface area contributed by atoms with E-state index in [0.717, 1.165) is 36.9 Å². The summed E-state index contributed by atoms with van der Waals surface area (Å²) in [5, 5.41) is 16.7. The van der Waals surface area contributed by atoms with Crippen molar-refractivity contribution < 1.29 is 9.90 Å². The van der Waals surface area contributed by atoms with Gasteiger partial charge in [-0.05, 0) is 37.8 Å². The number of aliphatic hydroxyl groups is 1. The van der Waals surface area contributed by atoms with E-state index in [-0.39, 0.29) is 24.0 Å². The summed E-state index contributed by atoms with van der Waals surface area (Å²) in [6.07, 6.45) is 8.15. The maximum Gasteiger partial charge on any atom is 0.255 e. The lowest BCUT2D eigenvalue weighted by Gasteiger charge is -2.26. The van der Waals surface area contributed by atoms with Crippen molar-refractivity contribution >= 4 is 28.4 Å². The van der Waals surface area contributed by atoms with E-state index < -0.39 is 0 Å². The van der Waals surface area contributed by atoms with Crippen molar-refractivity contribution in [3.8, 4) is 0 Å². The van der Waals surface area contributed by atoms with Crippen LogP contribution < -0.4 is 10.6 Å². The molecule has 0 unspecified atom stereocenters. The van der Waals surface area contributed by atoms with Crippen LogP contribution in [0.25, 0.3) is 10.9 Å². The highest BCUT2D eigenvalue weighted by Crippen LogP contribution is 2.22. The highest BCUT2D eigenvalue weighted by Gasteiger charge is 2.20. The predicted octanol–water partition coefficient (Wildman–Crippen LogP) is 3.51. The Hall–Kier alpha value is -3.13. The number of nitrogens with zero attached hydrogens (tertiary/aromatic N) is 4. The Bertz CT molecular complexity index is 1030. The average molecular weight is 406 g/mol. The minimum atomic E-state index is -0.243. The minimum Gasteiger partial charge on any atom is -0.393 e. The average Bonchev–Trinajstić information content (AvgIpc) is 2.75. The van der Waals surface area contributed by atoms with E-state index in [4.69, 9.17) is 0 Å². The van der Waals surface area contributed by atoms with Gasteiger partial charge in [0.05, 0.1) is 29.7 Å². The van der Waals surface area contributed by atoms with Crippen LogP contribution in [0.3, 0.4) is 0 Å². The number of hydrogen-bond donors (Lipinski definition) is 3. The fourth-order valence-corrected chi connectivity index (χ4v) is 3.54. The van der Waals surface area contributed by atoms with Crippen molar-refractivity contribution in [2.24, 2.45) is 0 Å². The molecule has 8 nitrogen and oxygen atoms in total. The molecule has 0 radical (unpaired) electrons. The van der Waals surface area contributed by atoms with Gasteiger partial charge < -0.3 is 15.7 Å². The van der Waals surface area contributed by atoms with Crippen molar-refractivity contribution in [3.05, 3.63) is 48.2 Å². The number of fused-ring (bicyclic) bond motifs is 1. The first kappa shape index (κ1) is 20.2. The first-order chi connectivity index (χ1) is 14.5. The number of nitrogens with one attached hydrogen (secondary N) is 2. The van der Waals surface area contributed by atoms with Gasteiger partial charge in [-0.2, -0.15) is 0 Å². The Labute approximate surface area is 175 Å². The van der Waals surface area contributed by atoms with Crippen LogP contribution in [-0.4, -0.2) is 43.1 Å². The lowest BCUT2D eigenvalue weighted by Crippen LogP contribution is -2.28. The topological polar surface area (TPSA) is 113 Å². The first-order valence-electron chi connectivity index (χ1n) is 10.3. The van der Waals surface area contributed by atoms with E-state index in [0.29, 0.717) is 22.7 Å². The molecule has 30 heavy (non-hydrogen) atoms. The van der Waals surface area contributed by atoms with E-state index in [1.807, 2.05) is 19.9 Å². The normalized spacial score (nSPS) is 19.1. The van der Waals surface area contributed by atoms with Gasteiger partial charge in [-0.15, -0.1) is 0 Å². The molecule has 1 amide bonds. The number of carbonyl (C=O) groups excluding carboxylic acids is 1. The third-order valence-corrected chi connectivity index (χ3v) is 5.32. The van der Waals surface area contributed by atoms with Crippen LogP contribution in [0.15, 0.2) is 36.8 Å². The molecule has 0 spiro atoms. The molecule has 156 valence electrons. The number of amides is 1. The van der Waals surface area contributed by atoms with Crippen LogP contribution in [0, 0.1) is 0 Å². The molecule has 3 aromatic rings. The molecule has 8 heteroatoms. The zero-order valence-corrected chi connectivity index (χ0v) is 17.2. The van der Waals surface area contributed by atoms with Crippen LogP contribution in [0.2, 0.25) is 0 Å². The van der Waals surface area contributed by atoms with Crippen LogP contribution in [0.5, 0.6) is 0 Å². The van der Waals surface area contributed by atoms with E-state index in [2.05, 4.69) is 30.6 Å². The largest absolute Gasteiger partial charge is 0.393 e.